The van der Waals surface area contributed by atoms with Crippen molar-refractivity contribution in [3.05, 3.63) is 41.0 Å². The number of fused-ring (bicyclic) bond motifs is 1. The third kappa shape index (κ3) is 2.43. The fourth-order valence-electron chi connectivity index (χ4n) is 1.67. The van der Waals surface area contributed by atoms with Gasteiger partial charge in [0.2, 0.25) is 5.28 Å². The van der Waals surface area contributed by atoms with Gasteiger partial charge in [-0.1, -0.05) is 18.2 Å². The zero-order valence-electron chi connectivity index (χ0n) is 10.3. The fourth-order valence-corrected chi connectivity index (χ4v) is 2.82. The van der Waals surface area contributed by atoms with Crippen molar-refractivity contribution in [3.8, 4) is 0 Å². The molecule has 0 aliphatic carbocycles. The maximum absolute atomic E-state index is 5.94. The molecule has 0 aliphatic heterocycles. The first-order valence-electron chi connectivity index (χ1n) is 5.67. The number of para-hydroxylation sites is 1. The minimum atomic E-state index is 0.223. The Hall–Kier alpha value is -1.59. The van der Waals surface area contributed by atoms with E-state index in [9.17, 15) is 0 Å². The van der Waals surface area contributed by atoms with Gasteiger partial charge in [-0.25, -0.2) is 15.0 Å². The number of halogens is 1. The first-order chi connectivity index (χ1) is 9.13. The molecule has 0 saturated carbocycles. The second-order valence-electron chi connectivity index (χ2n) is 4.04. The van der Waals surface area contributed by atoms with E-state index in [0.717, 1.165) is 27.4 Å². The SMILES string of the molecule is Cc1nc(Sc2nc(Cl)nc3ccccc23)oc1C. The fraction of sp³-hybridized carbons (Fsp3) is 0.154. The number of nitrogens with zero attached hydrogens (tertiary/aromatic N) is 3. The lowest BCUT2D eigenvalue weighted by atomic mass is 10.2. The van der Waals surface area contributed by atoms with E-state index >= 15 is 0 Å². The quantitative estimate of drug-likeness (QED) is 0.527. The summed E-state index contributed by atoms with van der Waals surface area (Å²) in [7, 11) is 0. The Bertz CT molecular complexity index is 737. The van der Waals surface area contributed by atoms with Crippen molar-refractivity contribution in [3.63, 3.8) is 0 Å². The summed E-state index contributed by atoms with van der Waals surface area (Å²) < 4.78 is 5.56. The highest BCUT2D eigenvalue weighted by atomic mass is 35.5. The summed E-state index contributed by atoms with van der Waals surface area (Å²) in [5.41, 5.74) is 1.69. The molecule has 2 heterocycles. The standard InChI is InChI=1S/C13H10ClN3OS/c1-7-8(2)18-13(15-7)19-11-9-5-3-4-6-10(9)16-12(14)17-11/h3-6H,1-2H3. The van der Waals surface area contributed by atoms with Crippen LogP contribution in [0.2, 0.25) is 5.28 Å². The second kappa shape index (κ2) is 4.83. The number of rotatable bonds is 2. The molecule has 0 amide bonds. The van der Waals surface area contributed by atoms with Crippen molar-refractivity contribution in [1.29, 1.82) is 0 Å². The van der Waals surface area contributed by atoms with Crippen molar-refractivity contribution in [2.45, 2.75) is 24.1 Å². The van der Waals surface area contributed by atoms with E-state index in [-0.39, 0.29) is 5.28 Å². The van der Waals surface area contributed by atoms with Gasteiger partial charge in [0.05, 0.1) is 11.2 Å². The van der Waals surface area contributed by atoms with Gasteiger partial charge in [-0.05, 0) is 43.3 Å². The summed E-state index contributed by atoms with van der Waals surface area (Å²) in [4.78, 5) is 12.8. The van der Waals surface area contributed by atoms with Crippen molar-refractivity contribution < 1.29 is 4.42 Å². The summed E-state index contributed by atoms with van der Waals surface area (Å²) in [5.74, 6) is 0.812. The van der Waals surface area contributed by atoms with Gasteiger partial charge in [0.15, 0.2) is 0 Å². The van der Waals surface area contributed by atoms with E-state index in [2.05, 4.69) is 15.0 Å². The van der Waals surface area contributed by atoms with Crippen LogP contribution < -0.4 is 0 Å². The molecule has 6 heteroatoms. The van der Waals surface area contributed by atoms with Gasteiger partial charge < -0.3 is 4.42 Å². The van der Waals surface area contributed by atoms with Crippen LogP contribution in [0.5, 0.6) is 0 Å². The van der Waals surface area contributed by atoms with Crippen LogP contribution in [-0.2, 0) is 0 Å². The van der Waals surface area contributed by atoms with Crippen LogP contribution in [0.3, 0.4) is 0 Å². The molecule has 3 aromatic rings. The van der Waals surface area contributed by atoms with E-state index < -0.39 is 0 Å². The number of aryl methyl sites for hydroxylation is 2. The number of aromatic nitrogens is 3. The Morgan fingerprint density at radius 2 is 1.89 bits per heavy atom. The molecule has 1 aromatic carbocycles. The molecule has 0 fully saturated rings. The first-order valence-corrected chi connectivity index (χ1v) is 6.87. The smallest absolute Gasteiger partial charge is 0.262 e. The molecule has 0 saturated heterocycles. The van der Waals surface area contributed by atoms with Crippen LogP contribution in [0, 0.1) is 13.8 Å². The van der Waals surface area contributed by atoms with Gasteiger partial charge in [0.25, 0.3) is 5.22 Å². The molecule has 96 valence electrons. The lowest BCUT2D eigenvalue weighted by molar-refractivity contribution is 0.431. The molecule has 0 aliphatic rings. The molecule has 2 aromatic heterocycles. The van der Waals surface area contributed by atoms with Crippen LogP contribution in [0.15, 0.2) is 38.9 Å². The number of oxazole rings is 1. The Labute approximate surface area is 119 Å². The van der Waals surface area contributed by atoms with E-state index in [4.69, 9.17) is 16.0 Å². The summed E-state index contributed by atoms with van der Waals surface area (Å²) in [6.07, 6.45) is 0. The molecule has 0 radical (unpaired) electrons. The third-order valence-electron chi connectivity index (χ3n) is 2.73. The summed E-state index contributed by atoms with van der Waals surface area (Å²) >= 11 is 7.29. The Morgan fingerprint density at radius 1 is 1.11 bits per heavy atom. The highest BCUT2D eigenvalue weighted by molar-refractivity contribution is 7.99. The minimum Gasteiger partial charge on any atom is -0.436 e. The summed E-state index contributed by atoms with van der Waals surface area (Å²) in [6.45, 7) is 3.80. The largest absolute Gasteiger partial charge is 0.436 e. The van der Waals surface area contributed by atoms with Crippen LogP contribution in [-0.4, -0.2) is 15.0 Å². The van der Waals surface area contributed by atoms with Crippen LogP contribution in [0.25, 0.3) is 10.9 Å². The van der Waals surface area contributed by atoms with E-state index in [1.807, 2.05) is 38.1 Å². The van der Waals surface area contributed by atoms with Gasteiger partial charge in [0, 0.05) is 5.39 Å². The predicted molar refractivity (Wildman–Crippen MR) is 74.6 cm³/mol. The molecule has 3 rings (SSSR count). The molecular formula is C13H10ClN3OS. The molecule has 0 N–H and O–H groups in total. The maximum atomic E-state index is 5.94. The van der Waals surface area contributed by atoms with Crippen LogP contribution in [0.1, 0.15) is 11.5 Å². The van der Waals surface area contributed by atoms with Crippen molar-refractivity contribution in [1.82, 2.24) is 15.0 Å². The molecule has 0 bridgehead atoms. The molecular weight excluding hydrogens is 282 g/mol. The van der Waals surface area contributed by atoms with E-state index in [0.29, 0.717) is 5.22 Å². The average molecular weight is 292 g/mol. The molecule has 4 nitrogen and oxygen atoms in total. The molecule has 0 unspecified atom stereocenters. The minimum absolute atomic E-state index is 0.223. The van der Waals surface area contributed by atoms with Crippen molar-refractivity contribution in [2.24, 2.45) is 0 Å². The van der Waals surface area contributed by atoms with Crippen LogP contribution in [0.4, 0.5) is 0 Å². The molecule has 0 atom stereocenters. The number of hydrogen-bond acceptors (Lipinski definition) is 5. The lowest BCUT2D eigenvalue weighted by Crippen LogP contribution is -1.89. The van der Waals surface area contributed by atoms with E-state index in [1.165, 1.54) is 11.8 Å². The molecule has 19 heavy (non-hydrogen) atoms. The van der Waals surface area contributed by atoms with Gasteiger partial charge in [-0.15, -0.1) is 0 Å². The monoisotopic (exact) mass is 291 g/mol. The topological polar surface area (TPSA) is 51.8 Å². The second-order valence-corrected chi connectivity index (χ2v) is 5.32. The highest BCUT2D eigenvalue weighted by Gasteiger charge is 2.12. The summed E-state index contributed by atoms with van der Waals surface area (Å²) in [6, 6.07) is 7.71. The van der Waals surface area contributed by atoms with Gasteiger partial charge in [0.1, 0.15) is 10.8 Å². The Balaban J connectivity index is 2.09. The molecule has 0 spiro atoms. The number of hydrogen-bond donors (Lipinski definition) is 0. The number of benzene rings is 1. The van der Waals surface area contributed by atoms with Crippen molar-refractivity contribution >= 4 is 34.3 Å². The zero-order chi connectivity index (χ0) is 13.4. The first kappa shape index (κ1) is 12.4. The van der Waals surface area contributed by atoms with Gasteiger partial charge >= 0.3 is 0 Å². The van der Waals surface area contributed by atoms with E-state index in [1.54, 1.807) is 0 Å². The van der Waals surface area contributed by atoms with Crippen LogP contribution >= 0.6 is 23.4 Å². The normalized spacial score (nSPS) is 11.1. The third-order valence-corrected chi connectivity index (χ3v) is 3.76. The average Bonchev–Trinajstić information content (AvgIpc) is 2.68. The van der Waals surface area contributed by atoms with Crippen molar-refractivity contribution in [2.75, 3.05) is 0 Å². The Kier molecular flexibility index (Phi) is 3.16. The summed E-state index contributed by atoms with van der Waals surface area (Å²) in [5, 5.41) is 2.47. The Morgan fingerprint density at radius 3 is 2.63 bits per heavy atom. The highest BCUT2D eigenvalue weighted by Crippen LogP contribution is 2.32. The van der Waals surface area contributed by atoms with Gasteiger partial charge in [-0.2, -0.15) is 0 Å². The maximum Gasteiger partial charge on any atom is 0.262 e. The van der Waals surface area contributed by atoms with Gasteiger partial charge in [-0.3, -0.25) is 0 Å². The zero-order valence-corrected chi connectivity index (χ0v) is 11.9. The predicted octanol–water partition coefficient (Wildman–Crippen LogP) is 4.04. The lowest BCUT2D eigenvalue weighted by Gasteiger charge is -2.02.